The molecule has 2 aliphatic rings. The Morgan fingerprint density at radius 3 is 2.84 bits per heavy atom. The highest BCUT2D eigenvalue weighted by Crippen LogP contribution is 2.48. The Bertz CT molecular complexity index is 781. The predicted octanol–water partition coefficient (Wildman–Crippen LogP) is 2.00. The maximum Gasteiger partial charge on any atom is 0.252 e. The third kappa shape index (κ3) is 2.44. The van der Waals surface area contributed by atoms with Crippen molar-refractivity contribution in [3.05, 3.63) is 29.1 Å². The van der Waals surface area contributed by atoms with Gasteiger partial charge in [-0.15, -0.1) is 0 Å². The average molecular weight is 350 g/mol. The normalized spacial score (nSPS) is 21.9. The molecule has 1 atom stereocenters. The first-order valence-corrected chi connectivity index (χ1v) is 8.56. The van der Waals surface area contributed by atoms with Gasteiger partial charge in [0.2, 0.25) is 5.91 Å². The predicted molar refractivity (Wildman–Crippen MR) is 83.9 cm³/mol. The Morgan fingerprint density at radius 1 is 1.44 bits per heavy atom. The molecule has 0 radical (unpaired) electrons. The summed E-state index contributed by atoms with van der Waals surface area (Å²) in [7, 11) is 0. The summed E-state index contributed by atoms with van der Waals surface area (Å²) in [6.07, 6.45) is 0.906. The van der Waals surface area contributed by atoms with E-state index in [1.807, 2.05) is 6.92 Å². The lowest BCUT2D eigenvalue weighted by molar-refractivity contribution is -0.163. The molecule has 2 aromatic heterocycles. The first-order valence-electron chi connectivity index (χ1n) is 8.56. The monoisotopic (exact) mass is 350 g/mol. The molecule has 2 N–H and O–H groups in total. The van der Waals surface area contributed by atoms with Crippen LogP contribution in [0.15, 0.2) is 6.20 Å². The fourth-order valence-electron chi connectivity index (χ4n) is 3.72. The smallest absolute Gasteiger partial charge is 0.252 e. The largest absolute Gasteiger partial charge is 0.336 e. The molecular weight excluding hydrogens is 330 g/mol. The van der Waals surface area contributed by atoms with E-state index in [4.69, 9.17) is 0 Å². The molecule has 134 valence electrons. The van der Waals surface area contributed by atoms with E-state index >= 15 is 0 Å². The zero-order valence-electron chi connectivity index (χ0n) is 13.9. The van der Waals surface area contributed by atoms with Gasteiger partial charge < -0.3 is 4.90 Å². The molecule has 9 heteroatoms. The molecule has 1 unspecified atom stereocenters. The van der Waals surface area contributed by atoms with Gasteiger partial charge in [0.15, 0.2) is 5.82 Å². The maximum absolute atomic E-state index is 13.5. The van der Waals surface area contributed by atoms with E-state index in [0.29, 0.717) is 25.2 Å². The van der Waals surface area contributed by atoms with Crippen LogP contribution in [0.4, 0.5) is 8.78 Å². The number of aryl methyl sites for hydroxylation is 1. The first-order chi connectivity index (χ1) is 12.0. The Labute approximate surface area is 143 Å². The van der Waals surface area contributed by atoms with Gasteiger partial charge in [0.25, 0.3) is 6.43 Å². The topological polar surface area (TPSA) is 90.6 Å². The molecule has 4 rings (SSSR count). The molecule has 3 heterocycles. The molecule has 0 aromatic carbocycles. The minimum Gasteiger partial charge on any atom is -0.336 e. The zero-order chi connectivity index (χ0) is 17.6. The highest BCUT2D eigenvalue weighted by atomic mass is 19.3. The lowest BCUT2D eigenvalue weighted by Crippen LogP contribution is -2.53. The molecule has 7 nitrogen and oxygen atoms in total. The number of rotatable bonds is 4. The maximum atomic E-state index is 13.5. The molecule has 25 heavy (non-hydrogen) atoms. The fourth-order valence-corrected chi connectivity index (χ4v) is 3.72. The third-order valence-corrected chi connectivity index (χ3v) is 5.44. The lowest BCUT2D eigenvalue weighted by atomic mass is 9.67. The molecule has 1 aliphatic heterocycles. The van der Waals surface area contributed by atoms with E-state index in [1.54, 1.807) is 6.20 Å². The van der Waals surface area contributed by atoms with Gasteiger partial charge in [-0.05, 0) is 12.8 Å². The number of halogens is 2. The number of amides is 1. The van der Waals surface area contributed by atoms with Crippen molar-refractivity contribution in [2.45, 2.75) is 51.5 Å². The third-order valence-electron chi connectivity index (χ3n) is 5.44. The van der Waals surface area contributed by atoms with Crippen LogP contribution in [0.3, 0.4) is 0 Å². The van der Waals surface area contributed by atoms with Crippen LogP contribution in [-0.2, 0) is 17.8 Å². The minimum atomic E-state index is -2.63. The van der Waals surface area contributed by atoms with Crippen LogP contribution < -0.4 is 0 Å². The molecule has 1 aliphatic carbocycles. The molecule has 0 spiro atoms. The number of nitrogens with zero attached hydrogens (tertiary/aromatic N) is 4. The van der Waals surface area contributed by atoms with Crippen molar-refractivity contribution in [2.75, 3.05) is 6.54 Å². The zero-order valence-corrected chi connectivity index (χ0v) is 13.9. The van der Waals surface area contributed by atoms with Crippen LogP contribution in [0.25, 0.3) is 0 Å². The van der Waals surface area contributed by atoms with Crippen molar-refractivity contribution >= 4 is 5.91 Å². The summed E-state index contributed by atoms with van der Waals surface area (Å²) < 4.78 is 27.1. The summed E-state index contributed by atoms with van der Waals surface area (Å²) in [5.41, 5.74) is 0.168. The number of fused-ring (bicyclic) bond motifs is 1. The summed E-state index contributed by atoms with van der Waals surface area (Å²) >= 11 is 0. The Balaban J connectivity index is 1.65. The van der Waals surface area contributed by atoms with Crippen molar-refractivity contribution in [3.63, 3.8) is 0 Å². The number of carbonyl (C=O) groups excluding carboxylic acids is 1. The summed E-state index contributed by atoms with van der Waals surface area (Å²) in [6, 6.07) is 0. The van der Waals surface area contributed by atoms with Crippen molar-refractivity contribution in [1.82, 2.24) is 30.3 Å². The molecule has 1 saturated carbocycles. The summed E-state index contributed by atoms with van der Waals surface area (Å²) in [5.74, 6) is 0.556. The number of carbonyl (C=O) groups is 1. The number of H-pyrrole nitrogens is 2. The quantitative estimate of drug-likeness (QED) is 0.882. The average Bonchev–Trinajstić information content (AvgIpc) is 3.21. The van der Waals surface area contributed by atoms with Gasteiger partial charge in [-0.2, -0.15) is 10.2 Å². The van der Waals surface area contributed by atoms with Gasteiger partial charge in [-0.3, -0.25) is 15.0 Å². The van der Waals surface area contributed by atoms with Crippen LogP contribution in [0, 0.1) is 5.41 Å². The molecular formula is C16H20F2N6O. The second-order valence-electron chi connectivity index (χ2n) is 6.85. The number of alkyl halides is 2. The SMILES string of the molecule is CCc1nc(C2CN(C(=O)C3(C(F)F)CCC3)Cc3cn[nH]c32)n[nH]1. The highest BCUT2D eigenvalue weighted by molar-refractivity contribution is 5.84. The van der Waals surface area contributed by atoms with Crippen molar-refractivity contribution in [3.8, 4) is 0 Å². The van der Waals surface area contributed by atoms with Crippen LogP contribution in [0.1, 0.15) is 55.0 Å². The standard InChI is InChI=1S/C16H20F2N6O/c1-2-11-20-13(23-21-11)10-8-24(7-9-6-19-22-12(9)10)15(25)16(14(17)18)4-3-5-16/h6,10,14H,2-5,7-8H2,1H3,(H,19,22)(H,20,21,23). The molecule has 1 fully saturated rings. The fraction of sp³-hybridized carbons (Fsp3) is 0.625. The van der Waals surface area contributed by atoms with Crippen LogP contribution >= 0.6 is 0 Å². The van der Waals surface area contributed by atoms with E-state index < -0.39 is 17.7 Å². The van der Waals surface area contributed by atoms with Gasteiger partial charge in [0.05, 0.1) is 17.8 Å². The first kappa shape index (κ1) is 16.2. The Morgan fingerprint density at radius 2 is 2.24 bits per heavy atom. The van der Waals surface area contributed by atoms with Gasteiger partial charge in [-0.25, -0.2) is 13.8 Å². The van der Waals surface area contributed by atoms with E-state index in [1.165, 1.54) is 4.90 Å². The molecule has 0 saturated heterocycles. The van der Waals surface area contributed by atoms with Gasteiger partial charge in [-0.1, -0.05) is 13.3 Å². The van der Waals surface area contributed by atoms with Crippen LogP contribution in [-0.4, -0.2) is 49.2 Å². The second-order valence-corrected chi connectivity index (χ2v) is 6.85. The minimum absolute atomic E-state index is 0.254. The van der Waals surface area contributed by atoms with E-state index in [2.05, 4.69) is 25.4 Å². The van der Waals surface area contributed by atoms with E-state index in [-0.39, 0.29) is 25.3 Å². The van der Waals surface area contributed by atoms with Gasteiger partial charge in [0.1, 0.15) is 11.2 Å². The summed E-state index contributed by atoms with van der Waals surface area (Å²) in [4.78, 5) is 18.9. The van der Waals surface area contributed by atoms with E-state index in [9.17, 15) is 13.6 Å². The van der Waals surface area contributed by atoms with Crippen molar-refractivity contribution in [1.29, 1.82) is 0 Å². The van der Waals surface area contributed by atoms with Crippen LogP contribution in [0.2, 0.25) is 0 Å². The summed E-state index contributed by atoms with van der Waals surface area (Å²) in [5, 5.41) is 14.1. The van der Waals surface area contributed by atoms with Crippen molar-refractivity contribution < 1.29 is 13.6 Å². The number of hydrogen-bond acceptors (Lipinski definition) is 4. The Hall–Kier alpha value is -2.32. The highest BCUT2D eigenvalue weighted by Gasteiger charge is 2.54. The number of hydrogen-bond donors (Lipinski definition) is 2. The number of nitrogens with one attached hydrogen (secondary N) is 2. The molecule has 2 aromatic rings. The molecule has 1 amide bonds. The van der Waals surface area contributed by atoms with Gasteiger partial charge in [0, 0.05) is 25.1 Å². The second kappa shape index (κ2) is 5.89. The summed E-state index contributed by atoms with van der Waals surface area (Å²) in [6.45, 7) is 2.54. The molecule has 0 bridgehead atoms. The van der Waals surface area contributed by atoms with Crippen molar-refractivity contribution in [2.24, 2.45) is 5.41 Å². The van der Waals surface area contributed by atoms with E-state index in [0.717, 1.165) is 17.1 Å². The number of aromatic nitrogens is 5. The Kier molecular flexibility index (Phi) is 3.81. The van der Waals surface area contributed by atoms with Gasteiger partial charge >= 0.3 is 0 Å². The van der Waals surface area contributed by atoms with Crippen LogP contribution in [0.5, 0.6) is 0 Å². The number of aromatic amines is 2. The lowest BCUT2D eigenvalue weighted by Gasteiger charge is -2.44.